The van der Waals surface area contributed by atoms with Crippen molar-refractivity contribution < 1.29 is 22.3 Å². The van der Waals surface area contributed by atoms with Crippen LogP contribution >= 0.6 is 0 Å². The lowest BCUT2D eigenvalue weighted by molar-refractivity contribution is -0.143. The van der Waals surface area contributed by atoms with Crippen LogP contribution in [-0.4, -0.2) is 38.9 Å². The number of carbonyl (C=O) groups is 1. The molecule has 0 atom stereocenters. The number of anilines is 1. The monoisotopic (exact) mass is 304 g/mol. The Kier molecular flexibility index (Phi) is 5.07. The van der Waals surface area contributed by atoms with Crippen LogP contribution in [0, 0.1) is 12.7 Å². The van der Waals surface area contributed by atoms with E-state index in [1.807, 2.05) is 0 Å². The molecule has 0 bridgehead atoms. The Morgan fingerprint density at radius 1 is 1.45 bits per heavy atom. The van der Waals surface area contributed by atoms with Crippen LogP contribution in [0.3, 0.4) is 0 Å². The number of hydrogen-bond donors (Lipinski definition) is 1. The Hall–Kier alpha value is -1.67. The number of carbonyl (C=O) groups excluding carboxylic acids is 1. The summed E-state index contributed by atoms with van der Waals surface area (Å²) in [5, 5.41) is 0. The van der Waals surface area contributed by atoms with Gasteiger partial charge in [0.05, 0.1) is 11.5 Å². The molecule has 0 saturated carbocycles. The highest BCUT2D eigenvalue weighted by Gasteiger charge is 2.26. The summed E-state index contributed by atoms with van der Waals surface area (Å²) < 4.78 is 43.6. The van der Waals surface area contributed by atoms with Crippen LogP contribution in [0.1, 0.15) is 12.5 Å². The quantitative estimate of drug-likeness (QED) is 0.645. The predicted molar refractivity (Wildman–Crippen MR) is 72.0 cm³/mol. The van der Waals surface area contributed by atoms with Gasteiger partial charge in [0, 0.05) is 18.3 Å². The van der Waals surface area contributed by atoms with Crippen molar-refractivity contribution in [1.82, 2.24) is 4.31 Å². The van der Waals surface area contributed by atoms with Gasteiger partial charge >= 0.3 is 5.97 Å². The number of hydrogen-bond acceptors (Lipinski definition) is 5. The minimum atomic E-state index is -4.02. The van der Waals surface area contributed by atoms with E-state index in [4.69, 9.17) is 5.73 Å². The Morgan fingerprint density at radius 2 is 2.05 bits per heavy atom. The fraction of sp³-hybridized carbons (Fsp3) is 0.417. The highest BCUT2D eigenvalue weighted by molar-refractivity contribution is 7.89. The summed E-state index contributed by atoms with van der Waals surface area (Å²) in [5.41, 5.74) is 5.41. The number of esters is 1. The van der Waals surface area contributed by atoms with Gasteiger partial charge in [0.25, 0.3) is 0 Å². The molecule has 2 N–H and O–H groups in total. The molecule has 0 radical (unpaired) electrons. The van der Waals surface area contributed by atoms with Gasteiger partial charge in [-0.05, 0) is 26.0 Å². The molecule has 0 aliphatic heterocycles. The van der Waals surface area contributed by atoms with Gasteiger partial charge in [-0.2, -0.15) is 4.31 Å². The third kappa shape index (κ3) is 3.45. The van der Waals surface area contributed by atoms with E-state index >= 15 is 0 Å². The zero-order chi connectivity index (χ0) is 15.5. The Labute approximate surface area is 117 Å². The van der Waals surface area contributed by atoms with E-state index in [2.05, 4.69) is 4.74 Å². The normalized spacial score (nSPS) is 11.7. The van der Waals surface area contributed by atoms with E-state index < -0.39 is 28.4 Å². The first-order valence-corrected chi connectivity index (χ1v) is 7.31. The maximum absolute atomic E-state index is 13.6. The standard InChI is InChI=1S/C12H17FN2O4S/c1-4-19-12(16)7-15(3)20(17,18)11-6-9(14)5-10(13)8(11)2/h5-6H,4,7,14H2,1-3H3. The number of rotatable bonds is 5. The van der Waals surface area contributed by atoms with Crippen LogP contribution in [0.5, 0.6) is 0 Å². The van der Waals surface area contributed by atoms with Crippen LogP contribution < -0.4 is 5.73 Å². The lowest BCUT2D eigenvalue weighted by atomic mass is 10.2. The molecule has 0 heterocycles. The average Bonchev–Trinajstić information content (AvgIpc) is 2.33. The second-order valence-corrected chi connectivity index (χ2v) is 6.21. The molecule has 112 valence electrons. The number of ether oxygens (including phenoxy) is 1. The van der Waals surface area contributed by atoms with E-state index in [-0.39, 0.29) is 22.8 Å². The first-order chi connectivity index (χ1) is 9.20. The van der Waals surface area contributed by atoms with Gasteiger partial charge in [-0.1, -0.05) is 0 Å². The SMILES string of the molecule is CCOC(=O)CN(C)S(=O)(=O)c1cc(N)cc(F)c1C. The molecular weight excluding hydrogens is 287 g/mol. The average molecular weight is 304 g/mol. The van der Waals surface area contributed by atoms with Crippen molar-refractivity contribution in [3.05, 3.63) is 23.5 Å². The molecule has 1 aromatic carbocycles. The molecule has 0 aliphatic rings. The summed E-state index contributed by atoms with van der Waals surface area (Å²) in [7, 11) is -2.80. The summed E-state index contributed by atoms with van der Waals surface area (Å²) >= 11 is 0. The molecule has 0 unspecified atom stereocenters. The molecule has 1 rings (SSSR count). The number of nitrogen functional groups attached to an aromatic ring is 1. The Morgan fingerprint density at radius 3 is 2.60 bits per heavy atom. The van der Waals surface area contributed by atoms with E-state index in [0.29, 0.717) is 0 Å². The van der Waals surface area contributed by atoms with Crippen LogP contribution in [0.4, 0.5) is 10.1 Å². The van der Waals surface area contributed by atoms with Crippen molar-refractivity contribution in [2.24, 2.45) is 0 Å². The van der Waals surface area contributed by atoms with Crippen molar-refractivity contribution in [3.8, 4) is 0 Å². The largest absolute Gasteiger partial charge is 0.465 e. The molecule has 6 nitrogen and oxygen atoms in total. The van der Waals surface area contributed by atoms with Gasteiger partial charge in [0.1, 0.15) is 12.4 Å². The maximum Gasteiger partial charge on any atom is 0.321 e. The van der Waals surface area contributed by atoms with Crippen molar-refractivity contribution in [3.63, 3.8) is 0 Å². The minimum Gasteiger partial charge on any atom is -0.465 e. The Balaban J connectivity index is 3.14. The molecule has 20 heavy (non-hydrogen) atoms. The molecule has 8 heteroatoms. The van der Waals surface area contributed by atoms with Gasteiger partial charge in [-0.25, -0.2) is 12.8 Å². The molecule has 0 aliphatic carbocycles. The third-order valence-corrected chi connectivity index (χ3v) is 4.59. The summed E-state index contributed by atoms with van der Waals surface area (Å²) in [6, 6.07) is 2.20. The van der Waals surface area contributed by atoms with Crippen LogP contribution in [0.25, 0.3) is 0 Å². The third-order valence-electron chi connectivity index (χ3n) is 2.66. The number of nitrogens with two attached hydrogens (primary N) is 1. The fourth-order valence-corrected chi connectivity index (χ4v) is 2.96. The highest BCUT2D eigenvalue weighted by atomic mass is 32.2. The van der Waals surface area contributed by atoms with E-state index in [1.165, 1.54) is 14.0 Å². The van der Waals surface area contributed by atoms with E-state index in [9.17, 15) is 17.6 Å². The van der Waals surface area contributed by atoms with Crippen molar-refractivity contribution in [2.75, 3.05) is 25.9 Å². The van der Waals surface area contributed by atoms with Gasteiger partial charge in [0.15, 0.2) is 0 Å². The lowest BCUT2D eigenvalue weighted by Crippen LogP contribution is -2.33. The summed E-state index contributed by atoms with van der Waals surface area (Å²) in [6.07, 6.45) is 0. The number of halogens is 1. The number of sulfonamides is 1. The second kappa shape index (κ2) is 6.19. The predicted octanol–water partition coefficient (Wildman–Crippen LogP) is 0.900. The van der Waals surface area contributed by atoms with Gasteiger partial charge in [0.2, 0.25) is 10.0 Å². The fourth-order valence-electron chi connectivity index (χ4n) is 1.58. The highest BCUT2D eigenvalue weighted by Crippen LogP contribution is 2.24. The smallest absolute Gasteiger partial charge is 0.321 e. The molecule has 0 fully saturated rings. The molecule has 0 amide bonds. The van der Waals surface area contributed by atoms with Crippen molar-refractivity contribution in [1.29, 1.82) is 0 Å². The lowest BCUT2D eigenvalue weighted by Gasteiger charge is -2.18. The maximum atomic E-state index is 13.6. The molecular formula is C12H17FN2O4S. The zero-order valence-corrected chi connectivity index (χ0v) is 12.3. The minimum absolute atomic E-state index is 0.00351. The number of benzene rings is 1. The first-order valence-electron chi connectivity index (χ1n) is 5.87. The molecule has 0 aromatic heterocycles. The van der Waals surface area contributed by atoms with Gasteiger partial charge in [-0.3, -0.25) is 4.79 Å². The summed E-state index contributed by atoms with van der Waals surface area (Å²) in [5.74, 6) is -1.39. The summed E-state index contributed by atoms with van der Waals surface area (Å²) in [4.78, 5) is 11.1. The topological polar surface area (TPSA) is 89.7 Å². The van der Waals surface area contributed by atoms with Crippen molar-refractivity contribution >= 4 is 21.7 Å². The molecule has 0 spiro atoms. The zero-order valence-electron chi connectivity index (χ0n) is 11.5. The Bertz CT molecular complexity index is 616. The van der Waals surface area contributed by atoms with Gasteiger partial charge < -0.3 is 10.5 Å². The van der Waals surface area contributed by atoms with E-state index in [0.717, 1.165) is 16.4 Å². The van der Waals surface area contributed by atoms with Crippen LogP contribution in [0.15, 0.2) is 17.0 Å². The van der Waals surface area contributed by atoms with Crippen molar-refractivity contribution in [2.45, 2.75) is 18.7 Å². The number of nitrogens with zero attached hydrogens (tertiary/aromatic N) is 1. The van der Waals surface area contributed by atoms with E-state index in [1.54, 1.807) is 6.92 Å². The van der Waals surface area contributed by atoms with Gasteiger partial charge in [-0.15, -0.1) is 0 Å². The second-order valence-electron chi connectivity index (χ2n) is 4.19. The molecule has 1 aromatic rings. The van der Waals surface area contributed by atoms with Crippen LogP contribution in [-0.2, 0) is 19.6 Å². The molecule has 0 saturated heterocycles. The summed E-state index contributed by atoms with van der Waals surface area (Å²) in [6.45, 7) is 2.65. The number of likely N-dealkylation sites (N-methyl/N-ethyl adjacent to an activating group) is 1. The van der Waals surface area contributed by atoms with Crippen LogP contribution in [0.2, 0.25) is 0 Å². The first kappa shape index (κ1) is 16.4.